The highest BCUT2D eigenvalue weighted by Crippen LogP contribution is 2.50. The average Bonchev–Trinajstić information content (AvgIpc) is 3.66. The van der Waals surface area contributed by atoms with Gasteiger partial charge in [-0.1, -0.05) is 69.2 Å². The zero-order valence-corrected chi connectivity index (χ0v) is 23.5. The van der Waals surface area contributed by atoms with Gasteiger partial charge in [-0.2, -0.15) is 8.42 Å². The number of oxazole rings is 1. The first kappa shape index (κ1) is 28.3. The first-order valence-corrected chi connectivity index (χ1v) is 16.4. The van der Waals surface area contributed by atoms with Gasteiger partial charge in [0.25, 0.3) is 16.0 Å². The van der Waals surface area contributed by atoms with Crippen molar-refractivity contribution in [2.75, 3.05) is 12.3 Å². The molecule has 2 bridgehead atoms. The fourth-order valence-electron chi connectivity index (χ4n) is 6.95. The van der Waals surface area contributed by atoms with Gasteiger partial charge in [0.15, 0.2) is 5.69 Å². The van der Waals surface area contributed by atoms with Gasteiger partial charge in [0.2, 0.25) is 5.89 Å². The molecule has 2 aromatic rings. The fraction of sp³-hybridized carbons (Fsp3) is 0.667. The summed E-state index contributed by atoms with van der Waals surface area (Å²) >= 11 is 0. The van der Waals surface area contributed by atoms with E-state index in [0.717, 1.165) is 49.1 Å². The van der Waals surface area contributed by atoms with Crippen molar-refractivity contribution in [1.82, 2.24) is 10.3 Å². The van der Waals surface area contributed by atoms with Crippen molar-refractivity contribution in [2.24, 2.45) is 11.8 Å². The van der Waals surface area contributed by atoms with Crippen LogP contribution in [0.25, 0.3) is 0 Å². The summed E-state index contributed by atoms with van der Waals surface area (Å²) in [4.78, 5) is 17.4. The van der Waals surface area contributed by atoms with Crippen molar-refractivity contribution in [2.45, 2.75) is 102 Å². The lowest BCUT2D eigenvalue weighted by molar-refractivity contribution is 0.0897. The number of nitrogens with one attached hydrogen (secondary N) is 1. The molecule has 1 aromatic heterocycles. The molecule has 9 heteroatoms. The zero-order valence-electron chi connectivity index (χ0n) is 22.7. The number of aryl methyl sites for hydroxylation is 1. The molecule has 2 N–H and O–H groups in total. The van der Waals surface area contributed by atoms with Gasteiger partial charge >= 0.3 is 0 Å². The molecule has 3 heterocycles. The van der Waals surface area contributed by atoms with Crippen LogP contribution >= 0.6 is 0 Å². The quantitative estimate of drug-likeness (QED) is 0.247. The molecule has 3 aliphatic rings. The standard InChI is InChI=1S/C30H42N2O6S/c33-29(31-17-7-6-11-21-9-2-1-3-10-21)25-20-37-30(32-25)28-24(26-15-16-27(28)38-26)19-23-13-5-4-12-22(23)14-8-18-39(34,35)36/h4-5,12-13,20-21,24,26-28H,1-3,6-11,14-19H2,(H,31,33)(H,34,35,36)/t24-,26-,27+,28-/m0/s1. The summed E-state index contributed by atoms with van der Waals surface area (Å²) in [6, 6.07) is 8.04. The van der Waals surface area contributed by atoms with Gasteiger partial charge in [-0.3, -0.25) is 9.35 Å². The predicted octanol–water partition coefficient (Wildman–Crippen LogP) is 5.48. The first-order valence-electron chi connectivity index (χ1n) is 14.8. The summed E-state index contributed by atoms with van der Waals surface area (Å²) in [6.45, 7) is 0.655. The Kier molecular flexibility index (Phi) is 9.40. The minimum Gasteiger partial charge on any atom is -0.448 e. The number of ether oxygens (including phenoxy) is 1. The Morgan fingerprint density at radius 3 is 2.56 bits per heavy atom. The van der Waals surface area contributed by atoms with Crippen LogP contribution < -0.4 is 5.32 Å². The number of nitrogens with zero attached hydrogens (tertiary/aromatic N) is 1. The number of hydrogen-bond donors (Lipinski definition) is 2. The highest BCUT2D eigenvalue weighted by atomic mass is 32.2. The number of rotatable bonds is 13. The SMILES string of the molecule is O=C(NCCCCC1CCCCC1)c1coc([C@H]2[C@@H](Cc3ccccc3CCCS(=O)(=O)O)[C@@H]3CC[C@H]2O3)n1. The smallest absolute Gasteiger partial charge is 0.273 e. The molecule has 1 saturated carbocycles. The van der Waals surface area contributed by atoms with E-state index in [1.165, 1.54) is 44.8 Å². The highest BCUT2D eigenvalue weighted by Gasteiger charge is 2.51. The number of carbonyl (C=O) groups is 1. The normalized spacial score (nSPS) is 25.3. The second kappa shape index (κ2) is 13.0. The van der Waals surface area contributed by atoms with Crippen molar-refractivity contribution in [3.05, 3.63) is 53.2 Å². The van der Waals surface area contributed by atoms with Gasteiger partial charge < -0.3 is 14.5 Å². The topological polar surface area (TPSA) is 119 Å². The van der Waals surface area contributed by atoms with Crippen molar-refractivity contribution in [3.63, 3.8) is 0 Å². The number of benzene rings is 1. The molecule has 0 unspecified atom stereocenters. The number of aromatic nitrogens is 1. The lowest BCUT2D eigenvalue weighted by Gasteiger charge is -2.26. The Morgan fingerprint density at radius 2 is 1.77 bits per heavy atom. The van der Waals surface area contributed by atoms with Crippen LogP contribution in [0.2, 0.25) is 0 Å². The molecule has 1 aliphatic carbocycles. The van der Waals surface area contributed by atoms with Crippen LogP contribution in [0.15, 0.2) is 34.9 Å². The van der Waals surface area contributed by atoms with Crippen molar-refractivity contribution >= 4 is 16.0 Å². The molecule has 2 saturated heterocycles. The number of unbranched alkanes of at least 4 members (excludes halogenated alkanes) is 1. The van der Waals surface area contributed by atoms with Crippen molar-refractivity contribution in [3.8, 4) is 0 Å². The van der Waals surface area contributed by atoms with E-state index in [0.29, 0.717) is 31.0 Å². The maximum absolute atomic E-state index is 12.8. The molecule has 2 aliphatic heterocycles. The summed E-state index contributed by atoms with van der Waals surface area (Å²) in [5.74, 6) is 1.15. The van der Waals surface area contributed by atoms with E-state index < -0.39 is 10.1 Å². The Morgan fingerprint density at radius 1 is 1.00 bits per heavy atom. The molecule has 4 atom stereocenters. The molecule has 214 valence electrons. The Bertz CT molecular complexity index is 1210. The van der Waals surface area contributed by atoms with E-state index in [2.05, 4.69) is 16.4 Å². The first-order chi connectivity index (χ1) is 18.9. The van der Waals surface area contributed by atoms with Gasteiger partial charge in [-0.25, -0.2) is 4.98 Å². The van der Waals surface area contributed by atoms with Crippen LogP contribution in [0.1, 0.15) is 104 Å². The third kappa shape index (κ3) is 7.50. The zero-order chi connectivity index (χ0) is 27.2. The molecule has 3 fully saturated rings. The van der Waals surface area contributed by atoms with Crippen LogP contribution in [0.4, 0.5) is 0 Å². The van der Waals surface area contributed by atoms with E-state index in [9.17, 15) is 13.2 Å². The summed E-state index contributed by atoms with van der Waals surface area (Å²) in [5, 5.41) is 3.01. The molecular weight excluding hydrogens is 516 g/mol. The lowest BCUT2D eigenvalue weighted by Crippen LogP contribution is -2.28. The molecule has 0 spiro atoms. The Labute approximate surface area is 232 Å². The molecule has 1 aromatic carbocycles. The summed E-state index contributed by atoms with van der Waals surface area (Å²) in [7, 11) is -3.97. The summed E-state index contributed by atoms with van der Waals surface area (Å²) in [5.41, 5.74) is 2.56. The maximum Gasteiger partial charge on any atom is 0.273 e. The van der Waals surface area contributed by atoms with Gasteiger partial charge in [-0.05, 0) is 55.6 Å². The predicted molar refractivity (Wildman–Crippen MR) is 148 cm³/mol. The number of hydrogen-bond acceptors (Lipinski definition) is 6. The molecule has 39 heavy (non-hydrogen) atoms. The summed E-state index contributed by atoms with van der Waals surface area (Å²) in [6.07, 6.45) is 15.5. The van der Waals surface area contributed by atoms with Crippen molar-refractivity contribution < 1.29 is 26.9 Å². The fourth-order valence-corrected chi connectivity index (χ4v) is 7.46. The number of amides is 1. The molecule has 1 amide bonds. The highest BCUT2D eigenvalue weighted by molar-refractivity contribution is 7.85. The van der Waals surface area contributed by atoms with Crippen LogP contribution in [-0.4, -0.2) is 48.4 Å². The molecular formula is C30H42N2O6S. The second-order valence-corrected chi connectivity index (χ2v) is 13.2. The molecule has 5 rings (SSSR count). The van der Waals surface area contributed by atoms with E-state index in [-0.39, 0.29) is 35.7 Å². The Balaban J connectivity index is 1.17. The van der Waals surface area contributed by atoms with Gasteiger partial charge in [0.1, 0.15) is 6.26 Å². The second-order valence-electron chi connectivity index (χ2n) is 11.7. The number of carbonyl (C=O) groups excluding carboxylic acids is 1. The van der Waals surface area contributed by atoms with Crippen LogP contribution in [0, 0.1) is 11.8 Å². The average molecular weight is 559 g/mol. The van der Waals surface area contributed by atoms with Gasteiger partial charge in [-0.15, -0.1) is 0 Å². The monoisotopic (exact) mass is 558 g/mol. The van der Waals surface area contributed by atoms with E-state index in [1.807, 2.05) is 18.2 Å². The summed E-state index contributed by atoms with van der Waals surface area (Å²) < 4.78 is 43.6. The Hall–Kier alpha value is -2.23. The van der Waals surface area contributed by atoms with Crippen molar-refractivity contribution in [1.29, 1.82) is 0 Å². The minimum atomic E-state index is -3.97. The third-order valence-electron chi connectivity index (χ3n) is 8.94. The minimum absolute atomic E-state index is 0.0216. The molecule has 8 nitrogen and oxygen atoms in total. The van der Waals surface area contributed by atoms with E-state index in [4.69, 9.17) is 13.7 Å². The van der Waals surface area contributed by atoms with Crippen LogP contribution in [-0.2, 0) is 27.7 Å². The molecule has 0 radical (unpaired) electrons. The van der Waals surface area contributed by atoms with E-state index in [1.54, 1.807) is 0 Å². The van der Waals surface area contributed by atoms with Crippen LogP contribution in [0.3, 0.4) is 0 Å². The van der Waals surface area contributed by atoms with Gasteiger partial charge in [0, 0.05) is 12.5 Å². The van der Waals surface area contributed by atoms with Crippen LogP contribution in [0.5, 0.6) is 0 Å². The lowest BCUT2D eigenvalue weighted by atomic mass is 9.75. The largest absolute Gasteiger partial charge is 0.448 e. The third-order valence-corrected chi connectivity index (χ3v) is 9.74. The van der Waals surface area contributed by atoms with Gasteiger partial charge in [0.05, 0.1) is 23.9 Å². The maximum atomic E-state index is 12.8. The number of fused-ring (bicyclic) bond motifs is 2. The van der Waals surface area contributed by atoms with E-state index >= 15 is 0 Å².